The van der Waals surface area contributed by atoms with E-state index in [1.54, 1.807) is 0 Å². The van der Waals surface area contributed by atoms with Gasteiger partial charge in [-0.1, -0.05) is 19.3 Å². The van der Waals surface area contributed by atoms with E-state index in [1.165, 1.54) is 19.3 Å². The minimum Gasteiger partial charge on any atom is -0.368 e. The predicted molar refractivity (Wildman–Crippen MR) is 97.2 cm³/mol. The van der Waals surface area contributed by atoms with Crippen molar-refractivity contribution in [2.45, 2.75) is 64.6 Å². The smallest absolute Gasteiger partial charge is 0.248 e. The average Bonchev–Trinajstić information content (AvgIpc) is 2.96. The van der Waals surface area contributed by atoms with Crippen LogP contribution in [-0.2, 0) is 22.6 Å². The zero-order chi connectivity index (χ0) is 17.5. The molecule has 6 nitrogen and oxygen atoms in total. The Balaban J connectivity index is 1.43. The molecule has 1 aliphatic heterocycles. The standard InChI is InChI=1S/C19H32N4O2/c1-2-22-12-9-20-18(22)15-21-10-6-11-23(14-13-21)19(24)16-25-17-7-4-3-5-8-17/h9,12,17H,2-8,10-11,13-16H2,1H3. The van der Waals surface area contributed by atoms with Gasteiger partial charge in [0.2, 0.25) is 5.91 Å². The maximum Gasteiger partial charge on any atom is 0.248 e. The number of carbonyl (C=O) groups excluding carboxylic acids is 1. The number of carbonyl (C=O) groups is 1. The monoisotopic (exact) mass is 348 g/mol. The first-order valence-electron chi connectivity index (χ1n) is 9.88. The Morgan fingerprint density at radius 2 is 2.00 bits per heavy atom. The highest BCUT2D eigenvalue weighted by Gasteiger charge is 2.22. The van der Waals surface area contributed by atoms with Crippen molar-refractivity contribution in [1.29, 1.82) is 0 Å². The molecule has 1 aromatic heterocycles. The van der Waals surface area contributed by atoms with E-state index in [-0.39, 0.29) is 12.5 Å². The summed E-state index contributed by atoms with van der Waals surface area (Å²) in [5, 5.41) is 0. The molecule has 2 fully saturated rings. The highest BCUT2D eigenvalue weighted by Crippen LogP contribution is 2.20. The summed E-state index contributed by atoms with van der Waals surface area (Å²) in [5.74, 6) is 1.27. The minimum absolute atomic E-state index is 0.155. The number of aromatic nitrogens is 2. The molecule has 2 heterocycles. The molecular weight excluding hydrogens is 316 g/mol. The van der Waals surface area contributed by atoms with Crippen LogP contribution in [0.4, 0.5) is 0 Å². The lowest BCUT2D eigenvalue weighted by Gasteiger charge is -2.25. The van der Waals surface area contributed by atoms with E-state index in [1.807, 2.05) is 17.3 Å². The van der Waals surface area contributed by atoms with Crippen LogP contribution in [-0.4, -0.2) is 64.1 Å². The van der Waals surface area contributed by atoms with Gasteiger partial charge in [-0.3, -0.25) is 9.69 Å². The quantitative estimate of drug-likeness (QED) is 0.791. The molecule has 0 atom stereocenters. The lowest BCUT2D eigenvalue weighted by molar-refractivity contribution is -0.138. The highest BCUT2D eigenvalue weighted by molar-refractivity contribution is 5.77. The zero-order valence-electron chi connectivity index (χ0n) is 15.5. The number of amides is 1. The van der Waals surface area contributed by atoms with Crippen LogP contribution >= 0.6 is 0 Å². The van der Waals surface area contributed by atoms with E-state index in [2.05, 4.69) is 21.4 Å². The molecule has 140 valence electrons. The van der Waals surface area contributed by atoms with E-state index >= 15 is 0 Å². The predicted octanol–water partition coefficient (Wildman–Crippen LogP) is 2.29. The van der Waals surface area contributed by atoms with Gasteiger partial charge in [0.05, 0.1) is 12.6 Å². The van der Waals surface area contributed by atoms with Crippen LogP contribution in [0.2, 0.25) is 0 Å². The fourth-order valence-corrected chi connectivity index (χ4v) is 3.87. The van der Waals surface area contributed by atoms with Crippen LogP contribution in [0.1, 0.15) is 51.3 Å². The van der Waals surface area contributed by atoms with Crippen LogP contribution < -0.4 is 0 Å². The van der Waals surface area contributed by atoms with Crippen LogP contribution in [0.3, 0.4) is 0 Å². The lowest BCUT2D eigenvalue weighted by atomic mass is 9.98. The molecule has 1 saturated carbocycles. The summed E-state index contributed by atoms with van der Waals surface area (Å²) in [6.45, 7) is 7.76. The largest absolute Gasteiger partial charge is 0.368 e. The molecule has 1 aliphatic carbocycles. The Labute approximate surface area is 151 Å². The van der Waals surface area contributed by atoms with Crippen LogP contribution in [0.15, 0.2) is 12.4 Å². The van der Waals surface area contributed by atoms with Gasteiger partial charge in [0, 0.05) is 45.1 Å². The maximum atomic E-state index is 12.5. The van der Waals surface area contributed by atoms with Crippen LogP contribution in [0.25, 0.3) is 0 Å². The fourth-order valence-electron chi connectivity index (χ4n) is 3.87. The van der Waals surface area contributed by atoms with E-state index in [0.717, 1.165) is 64.4 Å². The summed E-state index contributed by atoms with van der Waals surface area (Å²) in [4.78, 5) is 21.3. The summed E-state index contributed by atoms with van der Waals surface area (Å²) >= 11 is 0. The van der Waals surface area contributed by atoms with Gasteiger partial charge >= 0.3 is 0 Å². The molecular formula is C19H32N4O2. The number of imidazole rings is 1. The van der Waals surface area contributed by atoms with Crippen molar-refractivity contribution in [3.63, 3.8) is 0 Å². The van der Waals surface area contributed by atoms with E-state index in [4.69, 9.17) is 4.74 Å². The van der Waals surface area contributed by atoms with Crippen molar-refractivity contribution in [2.75, 3.05) is 32.8 Å². The van der Waals surface area contributed by atoms with Crippen LogP contribution in [0.5, 0.6) is 0 Å². The van der Waals surface area contributed by atoms with Crippen LogP contribution in [0, 0.1) is 0 Å². The first-order chi connectivity index (χ1) is 12.3. The van der Waals surface area contributed by atoms with E-state index in [0.29, 0.717) is 6.10 Å². The molecule has 1 aromatic rings. The Morgan fingerprint density at radius 1 is 1.16 bits per heavy atom. The fraction of sp³-hybridized carbons (Fsp3) is 0.789. The van der Waals surface area contributed by atoms with Gasteiger partial charge in [0.25, 0.3) is 0 Å². The summed E-state index contributed by atoms with van der Waals surface area (Å²) < 4.78 is 8.05. The van der Waals surface area contributed by atoms with Crippen molar-refractivity contribution < 1.29 is 9.53 Å². The second-order valence-electron chi connectivity index (χ2n) is 7.21. The molecule has 0 bridgehead atoms. The SMILES string of the molecule is CCn1ccnc1CN1CCCN(C(=O)COC2CCCCC2)CC1. The van der Waals surface area contributed by atoms with E-state index < -0.39 is 0 Å². The lowest BCUT2D eigenvalue weighted by Crippen LogP contribution is -2.38. The Bertz CT molecular complexity index is 539. The molecule has 0 N–H and O–H groups in total. The maximum absolute atomic E-state index is 12.5. The van der Waals surface area contributed by atoms with Crippen molar-refractivity contribution >= 4 is 5.91 Å². The van der Waals surface area contributed by atoms with Gasteiger partial charge in [-0.05, 0) is 26.2 Å². The Hall–Kier alpha value is -1.40. The molecule has 2 aliphatic rings. The van der Waals surface area contributed by atoms with Gasteiger partial charge in [-0.15, -0.1) is 0 Å². The third kappa shape index (κ3) is 5.28. The number of rotatable bonds is 6. The molecule has 0 spiro atoms. The van der Waals surface area contributed by atoms with Crippen molar-refractivity contribution in [2.24, 2.45) is 0 Å². The molecule has 6 heteroatoms. The normalized spacial score (nSPS) is 20.6. The van der Waals surface area contributed by atoms with Gasteiger partial charge < -0.3 is 14.2 Å². The molecule has 0 radical (unpaired) electrons. The number of ether oxygens (including phenoxy) is 1. The van der Waals surface area contributed by atoms with Gasteiger partial charge in [0.15, 0.2) is 0 Å². The number of hydrogen-bond acceptors (Lipinski definition) is 4. The number of aryl methyl sites for hydroxylation is 1. The third-order valence-corrected chi connectivity index (χ3v) is 5.44. The molecule has 1 saturated heterocycles. The molecule has 0 unspecified atom stereocenters. The minimum atomic E-state index is 0.155. The first kappa shape index (κ1) is 18.4. The number of nitrogens with zero attached hydrogens (tertiary/aromatic N) is 4. The second-order valence-corrected chi connectivity index (χ2v) is 7.21. The number of hydrogen-bond donors (Lipinski definition) is 0. The Morgan fingerprint density at radius 3 is 2.80 bits per heavy atom. The summed E-state index contributed by atoms with van der Waals surface area (Å²) in [7, 11) is 0. The van der Waals surface area contributed by atoms with Crippen molar-refractivity contribution in [1.82, 2.24) is 19.4 Å². The molecule has 1 amide bonds. The second kappa shape index (κ2) is 9.34. The molecule has 3 rings (SSSR count). The highest BCUT2D eigenvalue weighted by atomic mass is 16.5. The van der Waals surface area contributed by atoms with Gasteiger partial charge in [-0.2, -0.15) is 0 Å². The summed E-state index contributed by atoms with van der Waals surface area (Å²) in [6, 6.07) is 0. The van der Waals surface area contributed by atoms with Crippen molar-refractivity contribution in [3.05, 3.63) is 18.2 Å². The third-order valence-electron chi connectivity index (χ3n) is 5.44. The summed E-state index contributed by atoms with van der Waals surface area (Å²) in [5.41, 5.74) is 0. The zero-order valence-corrected chi connectivity index (χ0v) is 15.5. The van der Waals surface area contributed by atoms with Crippen molar-refractivity contribution in [3.8, 4) is 0 Å². The molecule has 25 heavy (non-hydrogen) atoms. The van der Waals surface area contributed by atoms with Gasteiger partial charge in [0.1, 0.15) is 12.4 Å². The average molecular weight is 348 g/mol. The summed E-state index contributed by atoms with van der Waals surface area (Å²) in [6.07, 6.45) is 11.2. The molecule has 0 aromatic carbocycles. The Kier molecular flexibility index (Phi) is 6.87. The van der Waals surface area contributed by atoms with Gasteiger partial charge in [-0.25, -0.2) is 4.98 Å². The topological polar surface area (TPSA) is 50.6 Å². The van der Waals surface area contributed by atoms with E-state index in [9.17, 15) is 4.79 Å². The first-order valence-corrected chi connectivity index (χ1v) is 9.88.